The Morgan fingerprint density at radius 3 is 2.41 bits per heavy atom. The van der Waals surface area contributed by atoms with Crippen LogP contribution in [0.25, 0.3) is 0 Å². The lowest BCUT2D eigenvalue weighted by atomic mass is 9.78. The van der Waals surface area contributed by atoms with Crippen molar-refractivity contribution in [2.24, 2.45) is 5.92 Å². The summed E-state index contributed by atoms with van der Waals surface area (Å²) < 4.78 is 6.27. The summed E-state index contributed by atoms with van der Waals surface area (Å²) >= 11 is 0. The van der Waals surface area contributed by atoms with Gasteiger partial charge in [-0.05, 0) is 58.0 Å². The second-order valence-electron chi connectivity index (χ2n) is 10.5. The highest BCUT2D eigenvalue weighted by Crippen LogP contribution is 2.43. The zero-order valence-electron chi connectivity index (χ0n) is 18.9. The molecule has 3 heterocycles. The van der Waals surface area contributed by atoms with Gasteiger partial charge in [0, 0.05) is 38.0 Å². The van der Waals surface area contributed by atoms with Crippen molar-refractivity contribution in [1.82, 2.24) is 15.1 Å². The summed E-state index contributed by atoms with van der Waals surface area (Å²) in [5.41, 5.74) is 0.0802. The molecule has 1 N–H and O–H groups in total. The number of likely N-dealkylation sites (tertiary alicyclic amines) is 1. The van der Waals surface area contributed by atoms with E-state index in [0.29, 0.717) is 17.5 Å². The molecular weight excluding hydrogens is 362 g/mol. The molecule has 1 spiro atoms. The van der Waals surface area contributed by atoms with Crippen molar-refractivity contribution < 1.29 is 9.53 Å². The van der Waals surface area contributed by atoms with Crippen LogP contribution in [0, 0.1) is 5.92 Å². The van der Waals surface area contributed by atoms with Gasteiger partial charge in [0.05, 0.1) is 6.04 Å². The average Bonchev–Trinajstić information content (AvgIpc) is 2.98. The van der Waals surface area contributed by atoms with Crippen molar-refractivity contribution in [3.05, 3.63) is 0 Å². The topological polar surface area (TPSA) is 44.8 Å². The fraction of sp³-hybridized carbons (Fsp3) is 0.958. The monoisotopic (exact) mass is 405 g/mol. The molecule has 166 valence electrons. The van der Waals surface area contributed by atoms with Crippen molar-refractivity contribution >= 4 is 6.09 Å². The van der Waals surface area contributed by atoms with Crippen LogP contribution in [-0.4, -0.2) is 65.8 Å². The smallest absolute Gasteiger partial charge is 0.410 e. The molecule has 5 nitrogen and oxygen atoms in total. The van der Waals surface area contributed by atoms with Gasteiger partial charge in [0.15, 0.2) is 0 Å². The normalized spacial score (nSPS) is 30.6. The quantitative estimate of drug-likeness (QED) is 0.704. The number of nitrogens with zero attached hydrogens (tertiary/aromatic N) is 2. The van der Waals surface area contributed by atoms with Gasteiger partial charge in [-0.2, -0.15) is 0 Å². The van der Waals surface area contributed by atoms with Crippen LogP contribution in [0.1, 0.15) is 90.9 Å². The lowest BCUT2D eigenvalue weighted by Crippen LogP contribution is -2.60. The summed E-state index contributed by atoms with van der Waals surface area (Å²) in [6.45, 7) is 10.0. The zero-order chi connectivity index (χ0) is 20.3. The largest absolute Gasteiger partial charge is 0.440 e. The summed E-state index contributed by atoms with van der Waals surface area (Å²) in [5.74, 6) is 0.685. The molecule has 0 bridgehead atoms. The third kappa shape index (κ3) is 4.46. The second-order valence-corrected chi connectivity index (χ2v) is 10.5. The van der Waals surface area contributed by atoms with Crippen LogP contribution < -0.4 is 5.32 Å². The summed E-state index contributed by atoms with van der Waals surface area (Å²) in [7, 11) is 0. The minimum atomic E-state index is -0.235. The Hall–Kier alpha value is -0.810. The highest BCUT2D eigenvalue weighted by Gasteiger charge is 2.55. The fourth-order valence-electron chi connectivity index (χ4n) is 6.52. The van der Waals surface area contributed by atoms with Crippen molar-refractivity contribution in [3.8, 4) is 0 Å². The average molecular weight is 406 g/mol. The van der Waals surface area contributed by atoms with Crippen LogP contribution in [0.4, 0.5) is 4.79 Å². The number of nitrogens with one attached hydrogen (secondary N) is 1. The molecule has 0 aromatic heterocycles. The van der Waals surface area contributed by atoms with Gasteiger partial charge in [0.1, 0.15) is 5.60 Å². The van der Waals surface area contributed by atoms with Crippen LogP contribution >= 0.6 is 0 Å². The van der Waals surface area contributed by atoms with E-state index in [0.717, 1.165) is 52.0 Å². The van der Waals surface area contributed by atoms with Gasteiger partial charge in [-0.3, -0.25) is 4.90 Å². The maximum absolute atomic E-state index is 13.0. The van der Waals surface area contributed by atoms with E-state index in [-0.39, 0.29) is 11.7 Å². The Morgan fingerprint density at radius 2 is 1.76 bits per heavy atom. The van der Waals surface area contributed by atoms with E-state index in [2.05, 4.69) is 29.0 Å². The predicted molar refractivity (Wildman–Crippen MR) is 117 cm³/mol. The molecule has 0 aromatic carbocycles. The van der Waals surface area contributed by atoms with Gasteiger partial charge < -0.3 is 15.0 Å². The SMILES string of the molecule is CCCCC1N(CC2CCCCC2)C(=O)OC12CCN(C1(C)CCNCC1)CC2. The Morgan fingerprint density at radius 1 is 1.07 bits per heavy atom. The Balaban J connectivity index is 1.44. The molecule has 3 saturated heterocycles. The molecule has 4 fully saturated rings. The predicted octanol–water partition coefficient (Wildman–Crippen LogP) is 4.55. The summed E-state index contributed by atoms with van der Waals surface area (Å²) in [5, 5.41) is 3.51. The summed E-state index contributed by atoms with van der Waals surface area (Å²) in [6.07, 6.45) is 14.6. The van der Waals surface area contributed by atoms with E-state index < -0.39 is 0 Å². The molecule has 0 radical (unpaired) electrons. The number of hydrogen-bond donors (Lipinski definition) is 1. The molecular formula is C24H43N3O2. The first-order valence-corrected chi connectivity index (χ1v) is 12.5. The fourth-order valence-corrected chi connectivity index (χ4v) is 6.52. The number of unbranched alkanes of at least 4 members (excludes halogenated alkanes) is 1. The number of carbonyl (C=O) groups excluding carboxylic acids is 1. The Bertz CT molecular complexity index is 546. The van der Waals surface area contributed by atoms with Crippen molar-refractivity contribution in [3.63, 3.8) is 0 Å². The van der Waals surface area contributed by atoms with Gasteiger partial charge in [0.25, 0.3) is 0 Å². The van der Waals surface area contributed by atoms with Gasteiger partial charge in [-0.15, -0.1) is 0 Å². The number of piperidine rings is 2. The molecule has 4 aliphatic rings. The second kappa shape index (κ2) is 9.13. The number of amides is 1. The number of rotatable bonds is 6. The van der Waals surface area contributed by atoms with E-state index in [1.54, 1.807) is 0 Å². The van der Waals surface area contributed by atoms with Crippen LogP contribution in [0.15, 0.2) is 0 Å². The minimum absolute atomic E-state index is 0.0156. The Labute approximate surface area is 177 Å². The van der Waals surface area contributed by atoms with Crippen LogP contribution in [0.5, 0.6) is 0 Å². The lowest BCUT2D eigenvalue weighted by Gasteiger charge is -2.50. The van der Waals surface area contributed by atoms with E-state index in [9.17, 15) is 4.79 Å². The van der Waals surface area contributed by atoms with E-state index in [1.807, 2.05) is 0 Å². The van der Waals surface area contributed by atoms with Gasteiger partial charge >= 0.3 is 6.09 Å². The maximum atomic E-state index is 13.0. The van der Waals surface area contributed by atoms with Gasteiger partial charge in [0.2, 0.25) is 0 Å². The first-order valence-electron chi connectivity index (χ1n) is 12.5. The first kappa shape index (κ1) is 21.4. The highest BCUT2D eigenvalue weighted by molar-refractivity contribution is 5.71. The third-order valence-corrected chi connectivity index (χ3v) is 8.57. The maximum Gasteiger partial charge on any atom is 0.410 e. The molecule has 1 aliphatic carbocycles. The van der Waals surface area contributed by atoms with Crippen LogP contribution in [0.3, 0.4) is 0 Å². The third-order valence-electron chi connectivity index (χ3n) is 8.57. The highest BCUT2D eigenvalue weighted by atomic mass is 16.6. The number of ether oxygens (including phenoxy) is 1. The zero-order valence-corrected chi connectivity index (χ0v) is 18.9. The molecule has 3 aliphatic heterocycles. The molecule has 1 atom stereocenters. The lowest BCUT2D eigenvalue weighted by molar-refractivity contribution is -0.0550. The van der Waals surface area contributed by atoms with Gasteiger partial charge in [-0.25, -0.2) is 4.79 Å². The molecule has 1 amide bonds. The van der Waals surface area contributed by atoms with E-state index in [4.69, 9.17) is 4.74 Å². The van der Waals surface area contributed by atoms with Gasteiger partial charge in [-0.1, -0.05) is 39.0 Å². The number of carbonyl (C=O) groups is 1. The van der Waals surface area contributed by atoms with Crippen molar-refractivity contribution in [1.29, 1.82) is 0 Å². The molecule has 0 aromatic rings. The minimum Gasteiger partial charge on any atom is -0.440 e. The van der Waals surface area contributed by atoms with Crippen molar-refractivity contribution in [2.75, 3.05) is 32.7 Å². The molecule has 1 saturated carbocycles. The summed E-state index contributed by atoms with van der Waals surface area (Å²) in [4.78, 5) is 17.9. The number of hydrogen-bond acceptors (Lipinski definition) is 4. The van der Waals surface area contributed by atoms with E-state index >= 15 is 0 Å². The molecule has 5 heteroatoms. The van der Waals surface area contributed by atoms with Crippen molar-refractivity contribution in [2.45, 2.75) is 108 Å². The molecule has 29 heavy (non-hydrogen) atoms. The first-order chi connectivity index (χ1) is 14.1. The van der Waals surface area contributed by atoms with Crippen LogP contribution in [-0.2, 0) is 4.74 Å². The summed E-state index contributed by atoms with van der Waals surface area (Å²) in [6, 6.07) is 0.292. The van der Waals surface area contributed by atoms with Crippen LogP contribution in [0.2, 0.25) is 0 Å². The standard InChI is InChI=1S/C24H43N3O2/c1-3-4-10-21-24(29-22(28)27(21)19-20-8-6-5-7-9-20)13-17-26(18-14-24)23(2)11-15-25-16-12-23/h20-21,25H,3-19H2,1-2H3. The van der Waals surface area contributed by atoms with E-state index in [1.165, 1.54) is 57.8 Å². The molecule has 4 rings (SSSR count). The molecule has 1 unspecified atom stereocenters. The Kier molecular flexibility index (Phi) is 6.75.